The Kier molecular flexibility index (Phi) is 8.09. The number of nitrogens with one attached hydrogen (secondary N) is 3. The van der Waals surface area contributed by atoms with Gasteiger partial charge in [-0.2, -0.15) is 0 Å². The number of guanidine groups is 1. The molecule has 0 bridgehead atoms. The molecule has 0 aromatic heterocycles. The van der Waals surface area contributed by atoms with E-state index in [2.05, 4.69) is 57.6 Å². The number of hydrogen-bond donors (Lipinski definition) is 3. The van der Waals surface area contributed by atoms with E-state index in [9.17, 15) is 4.79 Å². The van der Waals surface area contributed by atoms with Crippen LogP contribution in [0.15, 0.2) is 33.7 Å². The summed E-state index contributed by atoms with van der Waals surface area (Å²) in [7, 11) is 0. The third-order valence-electron chi connectivity index (χ3n) is 2.81. The van der Waals surface area contributed by atoms with Gasteiger partial charge in [-0.05, 0) is 52.3 Å². The minimum Gasteiger partial charge on any atom is -0.357 e. The molecule has 0 atom stereocenters. The molecule has 23 heavy (non-hydrogen) atoms. The van der Waals surface area contributed by atoms with Gasteiger partial charge < -0.3 is 16.0 Å². The van der Waals surface area contributed by atoms with Crippen molar-refractivity contribution in [2.45, 2.75) is 39.7 Å². The minimum atomic E-state index is -0.0602. The summed E-state index contributed by atoms with van der Waals surface area (Å²) in [6.45, 7) is 10.4. The van der Waals surface area contributed by atoms with Gasteiger partial charge >= 0.3 is 0 Å². The molecular weight excluding hydrogens is 356 g/mol. The second-order valence-corrected chi connectivity index (χ2v) is 7.17. The predicted octanol–water partition coefficient (Wildman–Crippen LogP) is 2.92. The van der Waals surface area contributed by atoms with E-state index in [0.717, 1.165) is 23.4 Å². The number of carbonyl (C=O) groups excluding carboxylic acids is 1. The summed E-state index contributed by atoms with van der Waals surface area (Å²) in [5, 5.41) is 9.46. The molecule has 0 unspecified atom stereocenters. The number of hydrogen-bond acceptors (Lipinski definition) is 2. The second kappa shape index (κ2) is 9.55. The van der Waals surface area contributed by atoms with Crippen LogP contribution in [-0.4, -0.2) is 37.0 Å². The lowest BCUT2D eigenvalue weighted by Gasteiger charge is -2.23. The number of nitrogens with zero attached hydrogens (tertiary/aromatic N) is 1. The molecule has 5 nitrogen and oxygen atoms in total. The SMILES string of the molecule is CCNC(=NCCCNC(=O)c1cccc(Br)c1)NC(C)(C)C. The van der Waals surface area contributed by atoms with Gasteiger partial charge in [-0.25, -0.2) is 0 Å². The van der Waals surface area contributed by atoms with Gasteiger partial charge in [0, 0.05) is 35.2 Å². The van der Waals surface area contributed by atoms with Gasteiger partial charge in [-0.1, -0.05) is 22.0 Å². The first kappa shape index (κ1) is 19.5. The van der Waals surface area contributed by atoms with Crippen molar-refractivity contribution >= 4 is 27.8 Å². The van der Waals surface area contributed by atoms with Crippen LogP contribution in [0.25, 0.3) is 0 Å². The molecule has 1 amide bonds. The van der Waals surface area contributed by atoms with Crippen LogP contribution in [0.3, 0.4) is 0 Å². The highest BCUT2D eigenvalue weighted by Crippen LogP contribution is 2.11. The number of carbonyl (C=O) groups is 1. The molecule has 3 N–H and O–H groups in total. The summed E-state index contributed by atoms with van der Waals surface area (Å²) in [6.07, 6.45) is 0.792. The molecule has 6 heteroatoms. The highest BCUT2D eigenvalue weighted by Gasteiger charge is 2.11. The van der Waals surface area contributed by atoms with Gasteiger partial charge in [-0.3, -0.25) is 9.79 Å². The molecule has 128 valence electrons. The third kappa shape index (κ3) is 8.59. The maximum Gasteiger partial charge on any atom is 0.251 e. The van der Waals surface area contributed by atoms with Gasteiger partial charge in [0.1, 0.15) is 0 Å². The van der Waals surface area contributed by atoms with Crippen LogP contribution < -0.4 is 16.0 Å². The maximum atomic E-state index is 12.0. The van der Waals surface area contributed by atoms with Gasteiger partial charge in [0.15, 0.2) is 5.96 Å². The zero-order chi connectivity index (χ0) is 17.3. The van der Waals surface area contributed by atoms with Crippen LogP contribution in [0.4, 0.5) is 0 Å². The number of aliphatic imine (C=N–C) groups is 1. The molecular formula is C17H27BrN4O. The lowest BCUT2D eigenvalue weighted by atomic mass is 10.1. The average molecular weight is 383 g/mol. The van der Waals surface area contributed by atoms with Crippen LogP contribution in [0.2, 0.25) is 0 Å². The quantitative estimate of drug-likeness (QED) is 0.402. The van der Waals surface area contributed by atoms with Crippen LogP contribution in [-0.2, 0) is 0 Å². The summed E-state index contributed by atoms with van der Waals surface area (Å²) >= 11 is 3.37. The van der Waals surface area contributed by atoms with Crippen molar-refractivity contribution in [2.24, 2.45) is 4.99 Å². The van der Waals surface area contributed by atoms with Crippen LogP contribution in [0, 0.1) is 0 Å². The van der Waals surface area contributed by atoms with E-state index in [1.54, 1.807) is 6.07 Å². The zero-order valence-electron chi connectivity index (χ0n) is 14.4. The largest absolute Gasteiger partial charge is 0.357 e. The summed E-state index contributed by atoms with van der Waals surface area (Å²) < 4.78 is 0.901. The standard InChI is InChI=1S/C17H27BrN4O/c1-5-19-16(22-17(2,3)4)21-11-7-10-20-15(23)13-8-6-9-14(18)12-13/h6,8-9,12H,5,7,10-11H2,1-4H3,(H,20,23)(H2,19,21,22). The topological polar surface area (TPSA) is 65.5 Å². The first-order chi connectivity index (χ1) is 10.8. The zero-order valence-corrected chi connectivity index (χ0v) is 16.0. The smallest absolute Gasteiger partial charge is 0.251 e. The van der Waals surface area contributed by atoms with E-state index in [-0.39, 0.29) is 11.4 Å². The van der Waals surface area contributed by atoms with Gasteiger partial charge in [0.25, 0.3) is 5.91 Å². The van der Waals surface area contributed by atoms with Crippen molar-refractivity contribution in [1.82, 2.24) is 16.0 Å². The van der Waals surface area contributed by atoms with Gasteiger partial charge in [0.2, 0.25) is 0 Å². The Morgan fingerprint density at radius 3 is 2.61 bits per heavy atom. The average Bonchev–Trinajstić information content (AvgIpc) is 2.45. The molecule has 0 saturated carbocycles. The van der Waals surface area contributed by atoms with E-state index in [1.807, 2.05) is 25.1 Å². The Morgan fingerprint density at radius 1 is 1.26 bits per heavy atom. The first-order valence-corrected chi connectivity index (χ1v) is 8.71. The Morgan fingerprint density at radius 2 is 2.00 bits per heavy atom. The van der Waals surface area contributed by atoms with Gasteiger partial charge in [-0.15, -0.1) is 0 Å². The molecule has 0 aliphatic heterocycles. The predicted molar refractivity (Wildman–Crippen MR) is 100.0 cm³/mol. The molecule has 0 radical (unpaired) electrons. The van der Waals surface area contributed by atoms with Crippen molar-refractivity contribution in [3.05, 3.63) is 34.3 Å². The molecule has 0 fully saturated rings. The Bertz CT molecular complexity index is 538. The lowest BCUT2D eigenvalue weighted by molar-refractivity contribution is 0.0953. The summed E-state index contributed by atoms with van der Waals surface area (Å²) in [5.74, 6) is 0.744. The van der Waals surface area contributed by atoms with Crippen molar-refractivity contribution in [1.29, 1.82) is 0 Å². The van der Waals surface area contributed by atoms with Crippen molar-refractivity contribution in [2.75, 3.05) is 19.6 Å². The summed E-state index contributed by atoms with van der Waals surface area (Å²) in [6, 6.07) is 7.36. The highest BCUT2D eigenvalue weighted by molar-refractivity contribution is 9.10. The number of halogens is 1. The molecule has 1 rings (SSSR count). The first-order valence-electron chi connectivity index (χ1n) is 7.92. The van der Waals surface area contributed by atoms with Crippen molar-refractivity contribution in [3.8, 4) is 0 Å². The summed E-state index contributed by atoms with van der Waals surface area (Å²) in [4.78, 5) is 16.5. The monoisotopic (exact) mass is 382 g/mol. The maximum absolute atomic E-state index is 12.0. The van der Waals surface area contributed by atoms with E-state index < -0.39 is 0 Å². The molecule has 0 aliphatic rings. The molecule has 0 spiro atoms. The fourth-order valence-corrected chi connectivity index (χ4v) is 2.27. The molecule has 0 aliphatic carbocycles. The Hall–Kier alpha value is -1.56. The summed E-state index contributed by atoms with van der Waals surface area (Å²) in [5.41, 5.74) is 0.626. The van der Waals surface area contributed by atoms with E-state index in [0.29, 0.717) is 18.7 Å². The second-order valence-electron chi connectivity index (χ2n) is 6.26. The van der Waals surface area contributed by atoms with Crippen molar-refractivity contribution < 1.29 is 4.79 Å². The van der Waals surface area contributed by atoms with Crippen molar-refractivity contribution in [3.63, 3.8) is 0 Å². The highest BCUT2D eigenvalue weighted by atomic mass is 79.9. The minimum absolute atomic E-state index is 0.0318. The third-order valence-corrected chi connectivity index (χ3v) is 3.31. The molecule has 1 aromatic carbocycles. The van der Waals surface area contributed by atoms with Crippen LogP contribution >= 0.6 is 15.9 Å². The van der Waals surface area contributed by atoms with Crippen LogP contribution in [0.5, 0.6) is 0 Å². The molecule has 0 heterocycles. The lowest BCUT2D eigenvalue weighted by Crippen LogP contribution is -2.47. The van der Waals surface area contributed by atoms with E-state index in [1.165, 1.54) is 0 Å². The Balaban J connectivity index is 2.37. The number of benzene rings is 1. The van der Waals surface area contributed by atoms with E-state index in [4.69, 9.17) is 0 Å². The fourth-order valence-electron chi connectivity index (χ4n) is 1.87. The normalized spacial score (nSPS) is 12.0. The van der Waals surface area contributed by atoms with Crippen LogP contribution in [0.1, 0.15) is 44.5 Å². The fraction of sp³-hybridized carbons (Fsp3) is 0.529. The number of rotatable bonds is 6. The van der Waals surface area contributed by atoms with Gasteiger partial charge in [0.05, 0.1) is 0 Å². The van der Waals surface area contributed by atoms with E-state index >= 15 is 0 Å². The number of amides is 1. The Labute approximate surface area is 147 Å². The molecule has 1 aromatic rings. The molecule has 0 saturated heterocycles.